The van der Waals surface area contributed by atoms with Gasteiger partial charge in [-0.05, 0) is 0 Å². The fourth-order valence-corrected chi connectivity index (χ4v) is 4.00. The Balaban J connectivity index is 1.68. The van der Waals surface area contributed by atoms with Gasteiger partial charge in [-0.15, -0.1) is 0 Å². The third-order valence-corrected chi connectivity index (χ3v) is 5.12. The van der Waals surface area contributed by atoms with E-state index in [1.54, 1.807) is 0 Å². The van der Waals surface area contributed by atoms with Crippen LogP contribution in [0.1, 0.15) is 0 Å². The maximum Gasteiger partial charge on any atom is 0.243 e. The molecule has 2 atom stereocenters. The summed E-state index contributed by atoms with van der Waals surface area (Å²) in [7, 11) is 2.74. The van der Waals surface area contributed by atoms with Crippen molar-refractivity contribution in [2.75, 3.05) is 24.6 Å². The normalized spacial score (nSPS) is 26.4. The van der Waals surface area contributed by atoms with Crippen LogP contribution in [0.15, 0.2) is 0 Å². The van der Waals surface area contributed by atoms with E-state index in [9.17, 15) is 19.2 Å². The molecule has 4 N–H and O–H groups in total. The Kier molecular flexibility index (Phi) is 5.12. The van der Waals surface area contributed by atoms with E-state index in [0.717, 1.165) is 0 Å². The Hall–Kier alpha value is -1.42. The van der Waals surface area contributed by atoms with Crippen LogP contribution in [0.2, 0.25) is 0 Å². The van der Waals surface area contributed by atoms with Crippen molar-refractivity contribution >= 4 is 45.2 Å². The molecule has 0 spiro atoms. The van der Waals surface area contributed by atoms with Crippen molar-refractivity contribution in [3.05, 3.63) is 0 Å². The van der Waals surface area contributed by atoms with E-state index in [1.165, 1.54) is 21.6 Å². The van der Waals surface area contributed by atoms with Gasteiger partial charge in [-0.25, -0.2) is 0 Å². The highest BCUT2D eigenvalue weighted by Crippen LogP contribution is 2.23. The quantitative estimate of drug-likeness (QED) is 0.332. The lowest BCUT2D eigenvalue weighted by molar-refractivity contribution is -0.133. The van der Waals surface area contributed by atoms with Gasteiger partial charge >= 0.3 is 0 Å². The average Bonchev–Trinajstić information content (AvgIpc) is 2.42. The lowest BCUT2D eigenvalue weighted by Crippen LogP contribution is -2.57. The highest BCUT2D eigenvalue weighted by Gasteiger charge is 2.28. The summed E-state index contributed by atoms with van der Waals surface area (Å²) in [4.78, 5) is 45.2. The number of carbonyl (C=O) groups excluding carboxylic acids is 4. The molecule has 20 heavy (non-hydrogen) atoms. The largest absolute Gasteiger partial charge is 0.345 e. The minimum atomic E-state index is -0.552. The molecular weight excluding hydrogens is 304 g/mol. The number of nitrogens with one attached hydrogen (secondary N) is 4. The number of amides is 4. The molecule has 0 unspecified atom stereocenters. The van der Waals surface area contributed by atoms with E-state index in [1.807, 2.05) is 0 Å². The van der Waals surface area contributed by atoms with Gasteiger partial charge in [0, 0.05) is 11.5 Å². The standard InChI is InChI=1S/C10H14N4O4S2/c15-7-1-11-9(17)5(13-7)3-19-20-4-6-10(18)12-2-8(16)14-6/h5-6H,1-4H2,(H,11,17)(H,12,18)(H,13,15)(H,14,16)/t5-,6+. The van der Waals surface area contributed by atoms with Crippen molar-refractivity contribution in [3.63, 3.8) is 0 Å². The van der Waals surface area contributed by atoms with Gasteiger partial charge in [0.05, 0.1) is 13.1 Å². The second-order valence-electron chi connectivity index (χ2n) is 4.24. The first-order valence-electron chi connectivity index (χ1n) is 5.95. The SMILES string of the molecule is O=C1CNC(=O)[C@H](CSSC[C@H]2NC(=O)CNC2=O)N1. The molecule has 4 amide bonds. The molecule has 0 saturated carbocycles. The molecule has 2 aliphatic heterocycles. The monoisotopic (exact) mass is 318 g/mol. The van der Waals surface area contributed by atoms with Crippen molar-refractivity contribution in [3.8, 4) is 0 Å². The smallest absolute Gasteiger partial charge is 0.243 e. The molecule has 2 aliphatic rings. The first-order valence-corrected chi connectivity index (χ1v) is 8.43. The third-order valence-electron chi connectivity index (χ3n) is 2.70. The van der Waals surface area contributed by atoms with E-state index in [-0.39, 0.29) is 36.7 Å². The molecule has 0 aliphatic carbocycles. The summed E-state index contributed by atoms with van der Waals surface area (Å²) >= 11 is 0. The van der Waals surface area contributed by atoms with Crippen LogP contribution in [0.5, 0.6) is 0 Å². The zero-order chi connectivity index (χ0) is 14.5. The zero-order valence-electron chi connectivity index (χ0n) is 10.4. The lowest BCUT2D eigenvalue weighted by atomic mass is 10.2. The van der Waals surface area contributed by atoms with Crippen LogP contribution in [0.3, 0.4) is 0 Å². The van der Waals surface area contributed by atoms with Gasteiger partial charge in [0.15, 0.2) is 0 Å². The van der Waals surface area contributed by atoms with Crippen LogP contribution in [-0.2, 0) is 19.2 Å². The van der Waals surface area contributed by atoms with Crippen molar-refractivity contribution in [1.29, 1.82) is 0 Å². The molecule has 0 bridgehead atoms. The summed E-state index contributed by atoms with van der Waals surface area (Å²) < 4.78 is 0. The Labute approximate surface area is 123 Å². The molecular formula is C10H14N4O4S2. The second-order valence-corrected chi connectivity index (χ2v) is 6.80. The molecule has 2 fully saturated rings. The van der Waals surface area contributed by atoms with Gasteiger partial charge in [0.25, 0.3) is 0 Å². The van der Waals surface area contributed by atoms with Crippen LogP contribution < -0.4 is 21.3 Å². The molecule has 0 aromatic carbocycles. The van der Waals surface area contributed by atoms with E-state index < -0.39 is 12.1 Å². The topological polar surface area (TPSA) is 116 Å². The molecule has 0 radical (unpaired) electrons. The lowest BCUT2D eigenvalue weighted by Gasteiger charge is -2.24. The van der Waals surface area contributed by atoms with Crippen LogP contribution in [-0.4, -0.2) is 60.3 Å². The van der Waals surface area contributed by atoms with Gasteiger partial charge in [0.2, 0.25) is 23.6 Å². The summed E-state index contributed by atoms with van der Waals surface area (Å²) in [5, 5.41) is 10.2. The highest BCUT2D eigenvalue weighted by atomic mass is 33.1. The summed E-state index contributed by atoms with van der Waals surface area (Å²) in [6.45, 7) is 0.0306. The third kappa shape index (κ3) is 4.04. The van der Waals surface area contributed by atoms with E-state index in [4.69, 9.17) is 0 Å². The maximum absolute atomic E-state index is 11.5. The van der Waals surface area contributed by atoms with Crippen LogP contribution in [0, 0.1) is 0 Å². The fraction of sp³-hybridized carbons (Fsp3) is 0.600. The van der Waals surface area contributed by atoms with Gasteiger partial charge in [-0.3, -0.25) is 19.2 Å². The summed E-state index contributed by atoms with van der Waals surface area (Å²) in [6.07, 6.45) is 0. The molecule has 0 aromatic heterocycles. The van der Waals surface area contributed by atoms with E-state index >= 15 is 0 Å². The van der Waals surface area contributed by atoms with Crippen LogP contribution >= 0.6 is 21.6 Å². The molecule has 110 valence electrons. The first-order chi connectivity index (χ1) is 9.56. The van der Waals surface area contributed by atoms with Crippen molar-refractivity contribution in [1.82, 2.24) is 21.3 Å². The number of piperazine rings is 2. The predicted molar refractivity (Wildman–Crippen MR) is 74.8 cm³/mol. The number of rotatable bonds is 5. The van der Waals surface area contributed by atoms with Crippen molar-refractivity contribution in [2.45, 2.75) is 12.1 Å². The number of hydrogen-bond acceptors (Lipinski definition) is 6. The molecule has 2 rings (SSSR count). The molecule has 2 saturated heterocycles. The Morgan fingerprint density at radius 2 is 1.20 bits per heavy atom. The molecule has 10 heteroatoms. The van der Waals surface area contributed by atoms with E-state index in [2.05, 4.69) is 21.3 Å². The second kappa shape index (κ2) is 6.84. The van der Waals surface area contributed by atoms with Crippen LogP contribution in [0.25, 0.3) is 0 Å². The first kappa shape index (κ1) is 15.0. The minimum Gasteiger partial charge on any atom is -0.345 e. The van der Waals surface area contributed by atoms with Gasteiger partial charge in [-0.1, -0.05) is 21.6 Å². The Morgan fingerprint density at radius 1 is 0.800 bits per heavy atom. The Morgan fingerprint density at radius 3 is 1.60 bits per heavy atom. The molecule has 2 heterocycles. The predicted octanol–water partition coefficient (Wildman–Crippen LogP) is -2.40. The van der Waals surface area contributed by atoms with Gasteiger partial charge in [0.1, 0.15) is 12.1 Å². The summed E-state index contributed by atoms with van der Waals surface area (Å²) in [5.74, 6) is -0.0178. The van der Waals surface area contributed by atoms with Gasteiger partial charge in [-0.2, -0.15) is 0 Å². The molecule has 0 aromatic rings. The fourth-order valence-electron chi connectivity index (χ4n) is 1.67. The number of hydrogen-bond donors (Lipinski definition) is 4. The number of carbonyl (C=O) groups is 4. The van der Waals surface area contributed by atoms with Crippen LogP contribution in [0.4, 0.5) is 0 Å². The zero-order valence-corrected chi connectivity index (χ0v) is 12.1. The summed E-state index contributed by atoms with van der Waals surface area (Å²) in [5.41, 5.74) is 0. The average molecular weight is 318 g/mol. The highest BCUT2D eigenvalue weighted by molar-refractivity contribution is 8.76. The summed E-state index contributed by atoms with van der Waals surface area (Å²) in [6, 6.07) is -1.10. The van der Waals surface area contributed by atoms with Gasteiger partial charge < -0.3 is 21.3 Å². The van der Waals surface area contributed by atoms with Crippen molar-refractivity contribution in [2.24, 2.45) is 0 Å². The molecule has 8 nitrogen and oxygen atoms in total. The van der Waals surface area contributed by atoms with E-state index in [0.29, 0.717) is 11.5 Å². The Bertz CT molecular complexity index is 405. The minimum absolute atomic E-state index is 0.0153. The van der Waals surface area contributed by atoms with Crippen molar-refractivity contribution < 1.29 is 19.2 Å². The maximum atomic E-state index is 11.5.